The summed E-state index contributed by atoms with van der Waals surface area (Å²) in [5.41, 5.74) is 2.87. The molecule has 2 aromatic carbocycles. The van der Waals surface area contributed by atoms with Crippen LogP contribution in [0.2, 0.25) is 0 Å². The van der Waals surface area contributed by atoms with Crippen LogP contribution in [0.1, 0.15) is 18.5 Å². The summed E-state index contributed by atoms with van der Waals surface area (Å²) in [6.07, 6.45) is 2.98. The molecule has 7 heteroatoms. The van der Waals surface area contributed by atoms with E-state index >= 15 is 0 Å². The zero-order chi connectivity index (χ0) is 20.8. The predicted molar refractivity (Wildman–Crippen MR) is 119 cm³/mol. The van der Waals surface area contributed by atoms with Gasteiger partial charge in [-0.25, -0.2) is 4.68 Å². The summed E-state index contributed by atoms with van der Waals surface area (Å²) in [6.45, 7) is 1.19. The molecule has 1 N–H and O–H groups in total. The molecule has 30 heavy (non-hydrogen) atoms. The Kier molecular flexibility index (Phi) is 6.49. The van der Waals surface area contributed by atoms with Gasteiger partial charge >= 0.3 is 0 Å². The van der Waals surface area contributed by atoms with Crippen molar-refractivity contribution in [2.45, 2.75) is 24.2 Å². The molecular weight excluding hydrogens is 396 g/mol. The summed E-state index contributed by atoms with van der Waals surface area (Å²) in [6, 6.07) is 19.8. The quantitative estimate of drug-likeness (QED) is 0.636. The van der Waals surface area contributed by atoms with Gasteiger partial charge in [0.1, 0.15) is 0 Å². The molecule has 0 saturated heterocycles. The molecule has 2 heterocycles. The summed E-state index contributed by atoms with van der Waals surface area (Å²) in [4.78, 5) is 27.7. The molecule has 0 spiro atoms. The molecule has 4 rings (SSSR count). The lowest BCUT2D eigenvalue weighted by molar-refractivity contribution is -0.125. The van der Waals surface area contributed by atoms with E-state index in [1.165, 1.54) is 0 Å². The molecule has 0 fully saturated rings. The Balaban J connectivity index is 1.22. The zero-order valence-electron chi connectivity index (χ0n) is 16.7. The van der Waals surface area contributed by atoms with Crippen LogP contribution < -0.4 is 10.2 Å². The van der Waals surface area contributed by atoms with E-state index in [-0.39, 0.29) is 24.7 Å². The van der Waals surface area contributed by atoms with Gasteiger partial charge in [-0.1, -0.05) is 30.3 Å². The highest BCUT2D eigenvalue weighted by molar-refractivity contribution is 7.99. The fourth-order valence-electron chi connectivity index (χ4n) is 3.42. The molecule has 3 aromatic rings. The summed E-state index contributed by atoms with van der Waals surface area (Å²) in [7, 11) is 0. The number of aromatic nitrogens is 2. The molecular formula is C23H24N4O2S. The number of fused-ring (bicyclic) bond motifs is 1. The predicted octanol–water partition coefficient (Wildman–Crippen LogP) is 3.45. The van der Waals surface area contributed by atoms with Crippen LogP contribution in [0.5, 0.6) is 0 Å². The minimum absolute atomic E-state index is 0.000459. The van der Waals surface area contributed by atoms with E-state index in [0.29, 0.717) is 19.5 Å². The van der Waals surface area contributed by atoms with Crippen molar-refractivity contribution in [3.05, 3.63) is 72.6 Å². The normalized spacial score (nSPS) is 13.0. The monoisotopic (exact) mass is 420 g/mol. The van der Waals surface area contributed by atoms with Crippen LogP contribution >= 0.6 is 11.8 Å². The van der Waals surface area contributed by atoms with E-state index in [4.69, 9.17) is 0 Å². The number of carbonyl (C=O) groups excluding carboxylic acids is 2. The average molecular weight is 421 g/mol. The van der Waals surface area contributed by atoms with Crippen molar-refractivity contribution in [2.75, 3.05) is 23.7 Å². The molecule has 1 aromatic heterocycles. The number of thioether (sulfide) groups is 1. The van der Waals surface area contributed by atoms with Gasteiger partial charge in [0.2, 0.25) is 11.8 Å². The zero-order valence-corrected chi connectivity index (χ0v) is 17.5. The van der Waals surface area contributed by atoms with Crippen LogP contribution in [0.15, 0.2) is 71.8 Å². The Morgan fingerprint density at radius 1 is 1.00 bits per heavy atom. The van der Waals surface area contributed by atoms with Gasteiger partial charge in [-0.05, 0) is 30.3 Å². The van der Waals surface area contributed by atoms with Gasteiger partial charge in [0.05, 0.1) is 17.1 Å². The Bertz CT molecular complexity index is 1020. The number of nitrogens with one attached hydrogen (secondary N) is 1. The van der Waals surface area contributed by atoms with Crippen LogP contribution in [0.3, 0.4) is 0 Å². The van der Waals surface area contributed by atoms with Crippen LogP contribution in [0.25, 0.3) is 5.69 Å². The number of anilines is 1. The van der Waals surface area contributed by atoms with E-state index < -0.39 is 0 Å². The largest absolute Gasteiger partial charge is 0.356 e. The van der Waals surface area contributed by atoms with E-state index in [1.807, 2.05) is 71.5 Å². The van der Waals surface area contributed by atoms with Crippen LogP contribution in [0, 0.1) is 0 Å². The molecule has 1 aliphatic heterocycles. The van der Waals surface area contributed by atoms with E-state index in [1.54, 1.807) is 16.7 Å². The molecule has 154 valence electrons. The first kappa shape index (κ1) is 20.2. The second kappa shape index (κ2) is 9.63. The van der Waals surface area contributed by atoms with Gasteiger partial charge in [0.15, 0.2) is 0 Å². The molecule has 0 aliphatic carbocycles. The number of benzene rings is 2. The summed E-state index contributed by atoms with van der Waals surface area (Å²) >= 11 is 1.76. The smallest absolute Gasteiger partial charge is 0.227 e. The van der Waals surface area contributed by atoms with Crippen molar-refractivity contribution in [1.29, 1.82) is 0 Å². The Hall–Kier alpha value is -3.06. The number of hydrogen-bond donors (Lipinski definition) is 1. The second-order valence-corrected chi connectivity index (χ2v) is 8.19. The third-order valence-electron chi connectivity index (χ3n) is 4.96. The summed E-state index contributed by atoms with van der Waals surface area (Å²) < 4.78 is 1.82. The van der Waals surface area contributed by atoms with E-state index in [2.05, 4.69) is 10.4 Å². The van der Waals surface area contributed by atoms with E-state index in [0.717, 1.165) is 27.7 Å². The molecule has 0 saturated carbocycles. The fraction of sp³-hybridized carbons (Fsp3) is 0.261. The maximum absolute atomic E-state index is 12.6. The number of hydrogen-bond acceptors (Lipinski definition) is 4. The molecule has 6 nitrogen and oxygen atoms in total. The Morgan fingerprint density at radius 2 is 1.80 bits per heavy atom. The van der Waals surface area contributed by atoms with Gasteiger partial charge in [0, 0.05) is 49.2 Å². The minimum atomic E-state index is -0.106. The summed E-state index contributed by atoms with van der Waals surface area (Å²) in [5.74, 6) is 0.773. The standard InChI is InChI=1S/C23H24N4O2S/c28-22(10-11-23(29)26-16-17-30-21-9-5-4-8-20(21)26)24-14-12-18-13-15-27(25-18)19-6-2-1-3-7-19/h1-9,13,15H,10-12,14,16-17H2,(H,24,28). The number of amides is 2. The Morgan fingerprint density at radius 3 is 2.67 bits per heavy atom. The van der Waals surface area contributed by atoms with Crippen LogP contribution in [0.4, 0.5) is 5.69 Å². The lowest BCUT2D eigenvalue weighted by Gasteiger charge is -2.29. The van der Waals surface area contributed by atoms with Gasteiger partial charge in [-0.3, -0.25) is 9.59 Å². The number of para-hydroxylation sites is 2. The molecule has 2 amide bonds. The van der Waals surface area contributed by atoms with Crippen LogP contribution in [-0.4, -0.2) is 40.4 Å². The summed E-state index contributed by atoms with van der Waals surface area (Å²) in [5, 5.41) is 7.43. The van der Waals surface area contributed by atoms with Crippen molar-refractivity contribution >= 4 is 29.3 Å². The highest BCUT2D eigenvalue weighted by Gasteiger charge is 2.22. The average Bonchev–Trinajstić information content (AvgIpc) is 3.26. The molecule has 0 unspecified atom stereocenters. The fourth-order valence-corrected chi connectivity index (χ4v) is 4.42. The van der Waals surface area contributed by atoms with E-state index in [9.17, 15) is 9.59 Å². The minimum Gasteiger partial charge on any atom is -0.356 e. The third kappa shape index (κ3) is 4.91. The molecule has 1 aliphatic rings. The topological polar surface area (TPSA) is 67.2 Å². The van der Waals surface area contributed by atoms with Crippen molar-refractivity contribution < 1.29 is 9.59 Å². The van der Waals surface area contributed by atoms with Crippen molar-refractivity contribution in [3.8, 4) is 5.69 Å². The van der Waals surface area contributed by atoms with Gasteiger partial charge in [-0.15, -0.1) is 11.8 Å². The van der Waals surface area contributed by atoms with Gasteiger partial charge in [0.25, 0.3) is 0 Å². The van der Waals surface area contributed by atoms with Crippen molar-refractivity contribution in [2.24, 2.45) is 0 Å². The lowest BCUT2D eigenvalue weighted by Crippen LogP contribution is -2.36. The van der Waals surface area contributed by atoms with Crippen LogP contribution in [-0.2, 0) is 16.0 Å². The number of carbonyl (C=O) groups is 2. The first-order chi connectivity index (χ1) is 14.7. The highest BCUT2D eigenvalue weighted by Crippen LogP contribution is 2.34. The second-order valence-electron chi connectivity index (χ2n) is 7.05. The molecule has 0 atom stereocenters. The number of nitrogens with zero attached hydrogens (tertiary/aromatic N) is 3. The number of rotatable bonds is 7. The first-order valence-electron chi connectivity index (χ1n) is 10.1. The van der Waals surface area contributed by atoms with Crippen molar-refractivity contribution in [1.82, 2.24) is 15.1 Å². The third-order valence-corrected chi connectivity index (χ3v) is 6.01. The lowest BCUT2D eigenvalue weighted by atomic mass is 10.2. The maximum Gasteiger partial charge on any atom is 0.227 e. The SMILES string of the molecule is O=C(CCC(=O)N1CCSc2ccccc21)NCCc1ccn(-c2ccccc2)n1. The maximum atomic E-state index is 12.6. The molecule has 0 radical (unpaired) electrons. The molecule has 0 bridgehead atoms. The van der Waals surface area contributed by atoms with Gasteiger partial charge < -0.3 is 10.2 Å². The van der Waals surface area contributed by atoms with Crippen molar-refractivity contribution in [3.63, 3.8) is 0 Å². The highest BCUT2D eigenvalue weighted by atomic mass is 32.2. The van der Waals surface area contributed by atoms with Gasteiger partial charge in [-0.2, -0.15) is 5.10 Å². The Labute approximate surface area is 180 Å². The first-order valence-corrected chi connectivity index (χ1v) is 11.1.